The van der Waals surface area contributed by atoms with E-state index >= 15 is 0 Å². The predicted molar refractivity (Wildman–Crippen MR) is 89.7 cm³/mol. The first-order chi connectivity index (χ1) is 12.4. The largest absolute Gasteiger partial charge is 0.506 e. The molecule has 0 spiro atoms. The number of halogens is 3. The second-order valence-electron chi connectivity index (χ2n) is 6.69. The minimum atomic E-state index is -4.72. The van der Waals surface area contributed by atoms with Crippen LogP contribution in [-0.2, 0) is 18.3 Å². The van der Waals surface area contributed by atoms with Crippen LogP contribution in [0.25, 0.3) is 0 Å². The van der Waals surface area contributed by atoms with Crippen LogP contribution in [0.5, 0.6) is 5.75 Å². The Morgan fingerprint density at radius 3 is 2.52 bits per heavy atom. The molecule has 1 aromatic heterocycles. The highest BCUT2D eigenvalue weighted by molar-refractivity contribution is 5.98. The molecule has 2 aromatic rings. The van der Waals surface area contributed by atoms with Crippen molar-refractivity contribution in [2.45, 2.75) is 32.1 Å². The van der Waals surface area contributed by atoms with E-state index in [0.29, 0.717) is 17.2 Å². The average Bonchev–Trinajstić information content (AvgIpc) is 2.84. The highest BCUT2D eigenvalue weighted by atomic mass is 19.4. The number of aromatic carboxylic acids is 1. The summed E-state index contributed by atoms with van der Waals surface area (Å²) >= 11 is 0. The molecule has 142 valence electrons. The number of alkyl halides is 3. The number of hydrogen-bond acceptors (Lipinski definition) is 4. The number of pyridine rings is 1. The van der Waals surface area contributed by atoms with E-state index in [2.05, 4.69) is 4.98 Å². The Hall–Kier alpha value is -3.10. The zero-order valence-corrected chi connectivity index (χ0v) is 14.4. The van der Waals surface area contributed by atoms with Crippen LogP contribution in [0.3, 0.4) is 0 Å². The number of carboxylic acid groups (broad SMARTS) is 1. The fraction of sp³-hybridized carbons (Fsp3) is 0.278. The normalized spacial score (nSPS) is 15.5. The zero-order valence-electron chi connectivity index (χ0n) is 14.4. The van der Waals surface area contributed by atoms with E-state index in [9.17, 15) is 28.2 Å². The van der Waals surface area contributed by atoms with E-state index in [1.165, 1.54) is 11.0 Å². The number of nitrogens with one attached hydrogen (secondary N) is 1. The first-order valence-corrected chi connectivity index (χ1v) is 7.94. The van der Waals surface area contributed by atoms with Crippen LogP contribution in [-0.4, -0.2) is 31.9 Å². The van der Waals surface area contributed by atoms with E-state index in [-0.39, 0.29) is 12.1 Å². The Bertz CT molecular complexity index is 955. The molecule has 1 aliphatic heterocycles. The fourth-order valence-corrected chi connectivity index (χ4v) is 3.30. The molecule has 1 aromatic carbocycles. The van der Waals surface area contributed by atoms with Crippen molar-refractivity contribution >= 4 is 11.8 Å². The molecule has 0 saturated carbocycles. The van der Waals surface area contributed by atoms with Gasteiger partial charge in [-0.2, -0.15) is 13.2 Å². The second-order valence-corrected chi connectivity index (χ2v) is 6.69. The fourth-order valence-electron chi connectivity index (χ4n) is 3.30. The summed E-state index contributed by atoms with van der Waals surface area (Å²) in [6.07, 6.45) is -4.72. The SMILES string of the molecule is CC1(C)c2cccc(C(=O)O)c2CN1C(=N)c1nc(C(F)(F)F)ccc1O. The third-order valence-electron chi connectivity index (χ3n) is 4.72. The molecule has 27 heavy (non-hydrogen) atoms. The average molecular weight is 379 g/mol. The van der Waals surface area contributed by atoms with Gasteiger partial charge in [-0.15, -0.1) is 0 Å². The lowest BCUT2D eigenvalue weighted by atomic mass is 9.91. The lowest BCUT2D eigenvalue weighted by Crippen LogP contribution is -2.40. The molecular formula is C18H16F3N3O3. The maximum Gasteiger partial charge on any atom is 0.433 e. The highest BCUT2D eigenvalue weighted by Gasteiger charge is 2.42. The number of benzene rings is 1. The quantitative estimate of drug-likeness (QED) is 0.547. The molecule has 1 aliphatic rings. The van der Waals surface area contributed by atoms with Gasteiger partial charge in [-0.25, -0.2) is 9.78 Å². The van der Waals surface area contributed by atoms with Crippen LogP contribution in [0.2, 0.25) is 0 Å². The van der Waals surface area contributed by atoms with Gasteiger partial charge >= 0.3 is 12.1 Å². The van der Waals surface area contributed by atoms with E-state index in [4.69, 9.17) is 5.41 Å². The van der Waals surface area contributed by atoms with Crippen LogP contribution in [0.1, 0.15) is 46.7 Å². The molecule has 0 bridgehead atoms. The Labute approximate surface area is 152 Å². The van der Waals surface area contributed by atoms with Gasteiger partial charge in [-0.1, -0.05) is 12.1 Å². The minimum absolute atomic E-state index is 0.000997. The molecule has 2 heterocycles. The summed E-state index contributed by atoms with van der Waals surface area (Å²) in [6, 6.07) is 6.22. The van der Waals surface area contributed by atoms with Crippen molar-refractivity contribution in [3.63, 3.8) is 0 Å². The molecule has 0 aliphatic carbocycles. The Morgan fingerprint density at radius 2 is 1.93 bits per heavy atom. The summed E-state index contributed by atoms with van der Waals surface area (Å²) in [5, 5.41) is 27.7. The summed E-state index contributed by atoms with van der Waals surface area (Å²) in [4.78, 5) is 16.3. The van der Waals surface area contributed by atoms with Crippen molar-refractivity contribution in [3.8, 4) is 5.75 Å². The van der Waals surface area contributed by atoms with E-state index in [1.807, 2.05) is 0 Å². The number of aromatic nitrogens is 1. The van der Waals surface area contributed by atoms with Crippen LogP contribution in [0.4, 0.5) is 13.2 Å². The number of carboxylic acids is 1. The molecule has 0 atom stereocenters. The molecule has 0 radical (unpaired) electrons. The van der Waals surface area contributed by atoms with Crippen molar-refractivity contribution in [2.75, 3.05) is 0 Å². The molecule has 0 unspecified atom stereocenters. The molecular weight excluding hydrogens is 363 g/mol. The number of amidine groups is 1. The monoisotopic (exact) mass is 379 g/mol. The topological polar surface area (TPSA) is 97.5 Å². The van der Waals surface area contributed by atoms with Crippen LogP contribution in [0, 0.1) is 5.41 Å². The van der Waals surface area contributed by atoms with E-state index in [0.717, 1.165) is 6.07 Å². The first-order valence-electron chi connectivity index (χ1n) is 7.94. The van der Waals surface area contributed by atoms with Gasteiger partial charge in [-0.05, 0) is 43.2 Å². The Kier molecular flexibility index (Phi) is 4.13. The molecule has 3 rings (SSSR count). The highest BCUT2D eigenvalue weighted by Crippen LogP contribution is 2.41. The molecule has 9 heteroatoms. The molecule has 0 amide bonds. The van der Waals surface area contributed by atoms with Gasteiger partial charge in [0.1, 0.15) is 17.1 Å². The van der Waals surface area contributed by atoms with Crippen molar-refractivity contribution in [3.05, 3.63) is 58.4 Å². The lowest BCUT2D eigenvalue weighted by molar-refractivity contribution is -0.141. The van der Waals surface area contributed by atoms with Crippen molar-refractivity contribution < 1.29 is 28.2 Å². The summed E-state index contributed by atoms with van der Waals surface area (Å²) in [5.41, 5.74) is -1.41. The van der Waals surface area contributed by atoms with Crippen molar-refractivity contribution in [1.29, 1.82) is 5.41 Å². The smallest absolute Gasteiger partial charge is 0.433 e. The lowest BCUT2D eigenvalue weighted by Gasteiger charge is -2.34. The third-order valence-corrected chi connectivity index (χ3v) is 4.72. The number of rotatable bonds is 2. The zero-order chi connectivity index (χ0) is 20.1. The summed E-state index contributed by atoms with van der Waals surface area (Å²) in [5.74, 6) is -2.11. The number of aromatic hydroxyl groups is 1. The molecule has 6 nitrogen and oxygen atoms in total. The Balaban J connectivity index is 2.07. The predicted octanol–water partition coefficient (Wildman–Crippen LogP) is 3.58. The number of carbonyl (C=O) groups is 1. The number of nitrogens with zero attached hydrogens (tertiary/aromatic N) is 2. The van der Waals surface area contributed by atoms with E-state index < -0.39 is 40.7 Å². The van der Waals surface area contributed by atoms with Crippen molar-refractivity contribution in [1.82, 2.24) is 9.88 Å². The van der Waals surface area contributed by atoms with Gasteiger partial charge in [0.05, 0.1) is 11.1 Å². The van der Waals surface area contributed by atoms with Gasteiger partial charge in [0.2, 0.25) is 0 Å². The van der Waals surface area contributed by atoms with Gasteiger partial charge in [0.25, 0.3) is 0 Å². The molecule has 0 fully saturated rings. The van der Waals surface area contributed by atoms with Crippen LogP contribution in [0.15, 0.2) is 30.3 Å². The van der Waals surface area contributed by atoms with Crippen LogP contribution < -0.4 is 0 Å². The van der Waals surface area contributed by atoms with Gasteiger partial charge in [-0.3, -0.25) is 5.41 Å². The summed E-state index contributed by atoms with van der Waals surface area (Å²) in [7, 11) is 0. The standard InChI is InChI=1S/C18H16F3N3O3/c1-17(2)11-5-3-4-9(16(26)27)10(11)8-24(17)15(22)14-12(25)6-7-13(23-14)18(19,20)21/h3-7,22,25H,8H2,1-2H3,(H,26,27). The molecule has 0 saturated heterocycles. The number of hydrogen-bond donors (Lipinski definition) is 3. The van der Waals surface area contributed by atoms with Crippen LogP contribution >= 0.6 is 0 Å². The number of fused-ring (bicyclic) bond motifs is 1. The maximum atomic E-state index is 13.0. The van der Waals surface area contributed by atoms with E-state index in [1.54, 1.807) is 26.0 Å². The first kappa shape index (κ1) is 18.7. The minimum Gasteiger partial charge on any atom is -0.506 e. The van der Waals surface area contributed by atoms with Crippen molar-refractivity contribution in [2.24, 2.45) is 0 Å². The molecule has 3 N–H and O–H groups in total. The maximum absolute atomic E-state index is 13.0. The summed E-state index contributed by atoms with van der Waals surface area (Å²) < 4.78 is 38.9. The van der Waals surface area contributed by atoms with Gasteiger partial charge in [0, 0.05) is 6.54 Å². The Morgan fingerprint density at radius 1 is 1.26 bits per heavy atom. The van der Waals surface area contributed by atoms with Gasteiger partial charge < -0.3 is 15.1 Å². The van der Waals surface area contributed by atoms with Gasteiger partial charge in [0.15, 0.2) is 5.84 Å². The second kappa shape index (κ2) is 5.97. The summed E-state index contributed by atoms with van der Waals surface area (Å²) in [6.45, 7) is 3.45. The third kappa shape index (κ3) is 2.98.